The molecule has 4 aromatic rings. The summed E-state index contributed by atoms with van der Waals surface area (Å²) in [5, 5.41) is 4.31. The standard InChI is InChI=1S/C17H15N5S.ClH/c1-2-22-15-9-13-12(8-14(15)21-17(22)23)16(19-10-18-13)20-11-6-4-3-5-7-11;/h3-10H,2H2,1H3,(H,21,23)(H,18,19,20);1H. The normalized spacial score (nSPS) is 10.7. The molecule has 24 heavy (non-hydrogen) atoms. The third-order valence-electron chi connectivity index (χ3n) is 3.88. The van der Waals surface area contributed by atoms with Gasteiger partial charge >= 0.3 is 0 Å². The predicted octanol–water partition coefficient (Wildman–Crippen LogP) is 4.83. The zero-order chi connectivity index (χ0) is 15.8. The van der Waals surface area contributed by atoms with Crippen molar-refractivity contribution in [2.24, 2.45) is 0 Å². The van der Waals surface area contributed by atoms with Crippen LogP contribution in [-0.4, -0.2) is 19.5 Å². The first-order chi connectivity index (χ1) is 11.3. The van der Waals surface area contributed by atoms with Gasteiger partial charge in [-0.1, -0.05) is 18.2 Å². The number of aromatic amines is 1. The monoisotopic (exact) mass is 357 g/mol. The van der Waals surface area contributed by atoms with Gasteiger partial charge in [-0.25, -0.2) is 9.97 Å². The lowest BCUT2D eigenvalue weighted by Gasteiger charge is -2.08. The lowest BCUT2D eigenvalue weighted by Crippen LogP contribution is -1.97. The fourth-order valence-corrected chi connectivity index (χ4v) is 3.12. The fraction of sp³-hybridized carbons (Fsp3) is 0.118. The third-order valence-corrected chi connectivity index (χ3v) is 4.21. The van der Waals surface area contributed by atoms with E-state index in [1.165, 1.54) is 0 Å². The molecule has 2 aromatic heterocycles. The number of halogens is 1. The van der Waals surface area contributed by atoms with E-state index in [4.69, 9.17) is 12.2 Å². The van der Waals surface area contributed by atoms with E-state index < -0.39 is 0 Å². The van der Waals surface area contributed by atoms with Gasteiger partial charge in [0.05, 0.1) is 16.6 Å². The molecule has 7 heteroatoms. The number of aryl methyl sites for hydroxylation is 1. The molecule has 0 spiro atoms. The number of hydrogen-bond acceptors (Lipinski definition) is 4. The second-order valence-electron chi connectivity index (χ2n) is 5.27. The molecular formula is C17H16ClN5S. The van der Waals surface area contributed by atoms with Gasteiger partial charge in [-0.15, -0.1) is 12.4 Å². The molecule has 0 fully saturated rings. The summed E-state index contributed by atoms with van der Waals surface area (Å²) in [6, 6.07) is 14.1. The quantitative estimate of drug-likeness (QED) is 0.516. The number of anilines is 2. The van der Waals surface area contributed by atoms with Crippen molar-refractivity contribution in [3.63, 3.8) is 0 Å². The van der Waals surface area contributed by atoms with Crippen molar-refractivity contribution in [1.29, 1.82) is 0 Å². The van der Waals surface area contributed by atoms with Crippen LogP contribution in [0.1, 0.15) is 6.92 Å². The Hall–Kier alpha value is -2.44. The average Bonchev–Trinajstić information content (AvgIpc) is 2.88. The van der Waals surface area contributed by atoms with Gasteiger partial charge in [0, 0.05) is 17.6 Å². The predicted molar refractivity (Wildman–Crippen MR) is 103 cm³/mol. The molecule has 0 aliphatic rings. The van der Waals surface area contributed by atoms with Gasteiger partial charge in [0.25, 0.3) is 0 Å². The fourth-order valence-electron chi connectivity index (χ4n) is 2.78. The molecule has 0 aliphatic heterocycles. The first kappa shape index (κ1) is 16.4. The second kappa shape index (κ2) is 6.59. The Bertz CT molecular complexity index is 1060. The average molecular weight is 358 g/mol. The zero-order valence-corrected chi connectivity index (χ0v) is 14.6. The van der Waals surface area contributed by atoms with E-state index in [1.54, 1.807) is 6.33 Å². The van der Waals surface area contributed by atoms with Crippen LogP contribution >= 0.6 is 24.6 Å². The number of nitrogens with one attached hydrogen (secondary N) is 2. The highest BCUT2D eigenvalue weighted by Crippen LogP contribution is 2.27. The number of hydrogen-bond donors (Lipinski definition) is 2. The van der Waals surface area contributed by atoms with Crippen molar-refractivity contribution in [1.82, 2.24) is 19.5 Å². The van der Waals surface area contributed by atoms with Crippen molar-refractivity contribution >= 4 is 58.1 Å². The molecule has 2 heterocycles. The number of aromatic nitrogens is 4. The molecule has 2 N–H and O–H groups in total. The van der Waals surface area contributed by atoms with Crippen LogP contribution in [-0.2, 0) is 6.54 Å². The molecule has 5 nitrogen and oxygen atoms in total. The number of fused-ring (bicyclic) bond motifs is 2. The summed E-state index contributed by atoms with van der Waals surface area (Å²) in [5.74, 6) is 0.784. The molecule has 0 amide bonds. The van der Waals surface area contributed by atoms with Crippen molar-refractivity contribution < 1.29 is 0 Å². The van der Waals surface area contributed by atoms with Crippen molar-refractivity contribution in [2.45, 2.75) is 13.5 Å². The molecule has 0 bridgehead atoms. The third kappa shape index (κ3) is 2.74. The lowest BCUT2D eigenvalue weighted by atomic mass is 10.2. The Balaban J connectivity index is 0.00000169. The summed E-state index contributed by atoms with van der Waals surface area (Å²) in [4.78, 5) is 12.1. The lowest BCUT2D eigenvalue weighted by molar-refractivity contribution is 0.774. The number of H-pyrrole nitrogens is 1. The van der Waals surface area contributed by atoms with Gasteiger partial charge in [-0.3, -0.25) is 0 Å². The zero-order valence-electron chi connectivity index (χ0n) is 13.0. The molecule has 0 aliphatic carbocycles. The summed E-state index contributed by atoms with van der Waals surface area (Å²) in [6.45, 7) is 2.90. The van der Waals surface area contributed by atoms with E-state index >= 15 is 0 Å². The van der Waals surface area contributed by atoms with Crippen LogP contribution in [0.15, 0.2) is 48.8 Å². The first-order valence-electron chi connectivity index (χ1n) is 7.45. The summed E-state index contributed by atoms with van der Waals surface area (Å²) in [5.41, 5.74) is 3.94. The Morgan fingerprint density at radius 1 is 1.17 bits per heavy atom. The number of imidazole rings is 1. The molecule has 122 valence electrons. The molecule has 0 radical (unpaired) electrons. The van der Waals surface area contributed by atoms with E-state index in [1.807, 2.05) is 30.3 Å². The maximum atomic E-state index is 5.38. The minimum atomic E-state index is 0. The molecular weight excluding hydrogens is 342 g/mol. The molecule has 0 saturated heterocycles. The number of benzene rings is 2. The largest absolute Gasteiger partial charge is 0.340 e. The van der Waals surface area contributed by atoms with E-state index in [0.717, 1.165) is 44.8 Å². The van der Waals surface area contributed by atoms with Gasteiger partial charge in [0.1, 0.15) is 12.1 Å². The van der Waals surface area contributed by atoms with Gasteiger partial charge in [-0.2, -0.15) is 0 Å². The van der Waals surface area contributed by atoms with Gasteiger partial charge < -0.3 is 14.9 Å². The SMILES string of the molecule is CCn1c(=S)[nH]c2cc3c(Nc4ccccc4)ncnc3cc21.Cl. The van der Waals surface area contributed by atoms with Crippen LogP contribution in [0.5, 0.6) is 0 Å². The smallest absolute Gasteiger partial charge is 0.178 e. The minimum absolute atomic E-state index is 0. The summed E-state index contributed by atoms with van der Waals surface area (Å²) < 4.78 is 2.79. The van der Waals surface area contributed by atoms with Crippen LogP contribution in [0, 0.1) is 4.77 Å². The van der Waals surface area contributed by atoms with E-state index in [-0.39, 0.29) is 12.4 Å². The Morgan fingerprint density at radius 3 is 2.71 bits per heavy atom. The van der Waals surface area contributed by atoms with Gasteiger partial charge in [-0.05, 0) is 43.4 Å². The van der Waals surface area contributed by atoms with Crippen molar-refractivity contribution in [2.75, 3.05) is 5.32 Å². The highest BCUT2D eigenvalue weighted by Gasteiger charge is 2.09. The van der Waals surface area contributed by atoms with Gasteiger partial charge in [0.15, 0.2) is 4.77 Å². The van der Waals surface area contributed by atoms with Gasteiger partial charge in [0.2, 0.25) is 0 Å². The Morgan fingerprint density at radius 2 is 1.96 bits per heavy atom. The topological polar surface area (TPSA) is 58.5 Å². The number of nitrogens with zero attached hydrogens (tertiary/aromatic N) is 3. The Kier molecular flexibility index (Phi) is 4.51. The molecule has 0 unspecified atom stereocenters. The molecule has 0 atom stereocenters. The molecule has 0 saturated carbocycles. The highest BCUT2D eigenvalue weighted by atomic mass is 35.5. The van der Waals surface area contributed by atoms with Crippen molar-refractivity contribution in [3.8, 4) is 0 Å². The van der Waals surface area contributed by atoms with Crippen LogP contribution < -0.4 is 5.32 Å². The van der Waals surface area contributed by atoms with E-state index in [9.17, 15) is 0 Å². The van der Waals surface area contributed by atoms with Crippen molar-refractivity contribution in [3.05, 3.63) is 53.6 Å². The number of rotatable bonds is 3. The summed E-state index contributed by atoms with van der Waals surface area (Å²) in [6.07, 6.45) is 1.58. The second-order valence-corrected chi connectivity index (χ2v) is 5.66. The van der Waals surface area contributed by atoms with Crippen LogP contribution in [0.4, 0.5) is 11.5 Å². The number of para-hydroxylation sites is 1. The minimum Gasteiger partial charge on any atom is -0.340 e. The van der Waals surface area contributed by atoms with E-state index in [2.05, 4.69) is 43.9 Å². The highest BCUT2D eigenvalue weighted by molar-refractivity contribution is 7.71. The Labute approximate surface area is 150 Å². The molecule has 4 rings (SSSR count). The maximum Gasteiger partial charge on any atom is 0.178 e. The summed E-state index contributed by atoms with van der Waals surface area (Å²) >= 11 is 5.38. The summed E-state index contributed by atoms with van der Waals surface area (Å²) in [7, 11) is 0. The van der Waals surface area contributed by atoms with Crippen LogP contribution in [0.3, 0.4) is 0 Å². The molecule has 2 aromatic carbocycles. The maximum absolute atomic E-state index is 5.38. The first-order valence-corrected chi connectivity index (χ1v) is 7.86. The van der Waals surface area contributed by atoms with Crippen LogP contribution in [0.2, 0.25) is 0 Å². The van der Waals surface area contributed by atoms with E-state index in [0.29, 0.717) is 0 Å². The van der Waals surface area contributed by atoms with Crippen LogP contribution in [0.25, 0.3) is 21.9 Å².